The Morgan fingerprint density at radius 3 is 2.89 bits per heavy atom. The molecule has 3 aliphatic heterocycles. The number of piperidine rings is 1. The molecule has 3 aliphatic rings. The van der Waals surface area contributed by atoms with E-state index in [1.165, 1.54) is 13.4 Å². The molecule has 0 spiro atoms. The number of benzene rings is 1. The van der Waals surface area contributed by atoms with Crippen molar-refractivity contribution in [3.05, 3.63) is 53.6 Å². The van der Waals surface area contributed by atoms with Gasteiger partial charge in [-0.1, -0.05) is 6.08 Å². The van der Waals surface area contributed by atoms with Crippen LogP contribution in [0.5, 0.6) is 0 Å². The van der Waals surface area contributed by atoms with Gasteiger partial charge in [0.1, 0.15) is 11.8 Å². The fraction of sp³-hybridized carbons (Fsp3) is 0.419. The number of carbonyl (C=O) groups excluding carboxylic acids is 2. The van der Waals surface area contributed by atoms with Gasteiger partial charge in [0.2, 0.25) is 0 Å². The second kappa shape index (κ2) is 11.7. The Morgan fingerprint density at radius 2 is 2.09 bits per heavy atom. The molecule has 0 bridgehead atoms. The monoisotopic (exact) mass is 610 g/mol. The maximum Gasteiger partial charge on any atom is 0.410 e. The summed E-state index contributed by atoms with van der Waals surface area (Å²) >= 11 is 0. The number of nitrogens with two attached hydrogens (primary N) is 1. The minimum absolute atomic E-state index is 0.165. The maximum atomic E-state index is 13.8. The van der Waals surface area contributed by atoms with E-state index in [2.05, 4.69) is 26.4 Å². The van der Waals surface area contributed by atoms with Gasteiger partial charge in [0, 0.05) is 37.7 Å². The lowest BCUT2D eigenvalue weighted by atomic mass is 10.0. The smallest absolute Gasteiger partial charge is 0.410 e. The molecule has 14 heteroatoms. The van der Waals surface area contributed by atoms with Gasteiger partial charge >= 0.3 is 6.09 Å². The molecule has 232 valence electrons. The van der Waals surface area contributed by atoms with Crippen LogP contribution in [0.15, 0.2) is 36.7 Å². The lowest BCUT2D eigenvalue weighted by molar-refractivity contribution is -0.0368. The largest absolute Gasteiger partial charge is 0.453 e. The molecule has 3 aromatic heterocycles. The molecule has 1 aromatic carbocycles. The predicted octanol–water partition coefficient (Wildman–Crippen LogP) is 3.10. The van der Waals surface area contributed by atoms with Crippen molar-refractivity contribution in [1.82, 2.24) is 34.6 Å². The summed E-state index contributed by atoms with van der Waals surface area (Å²) in [6.45, 7) is 2.78. The third kappa shape index (κ3) is 5.18. The summed E-state index contributed by atoms with van der Waals surface area (Å²) < 4.78 is 14.4. The molecule has 0 radical (unpaired) electrons. The number of hydrogen-bond donors (Lipinski definition) is 2. The average Bonchev–Trinajstić information content (AvgIpc) is 3.81. The van der Waals surface area contributed by atoms with Gasteiger partial charge in [-0.2, -0.15) is 15.5 Å². The Labute approximate surface area is 259 Å². The number of ether oxygens (including phenoxy) is 2. The number of amides is 2. The van der Waals surface area contributed by atoms with E-state index in [0.29, 0.717) is 48.5 Å². The summed E-state index contributed by atoms with van der Waals surface area (Å²) in [5.41, 5.74) is 11.2. The van der Waals surface area contributed by atoms with Crippen LogP contribution in [-0.4, -0.2) is 87.2 Å². The summed E-state index contributed by atoms with van der Waals surface area (Å²) in [4.78, 5) is 34.0. The highest BCUT2D eigenvalue weighted by Crippen LogP contribution is 2.35. The minimum atomic E-state index is -0.390. The lowest BCUT2D eigenvalue weighted by Gasteiger charge is -2.34. The number of rotatable bonds is 5. The molecule has 2 amide bonds. The predicted molar refractivity (Wildman–Crippen MR) is 165 cm³/mol. The number of hydrogen-bond acceptors (Lipinski definition) is 10. The highest BCUT2D eigenvalue weighted by Gasteiger charge is 2.30. The zero-order valence-electron chi connectivity index (χ0n) is 25.0. The van der Waals surface area contributed by atoms with Crippen molar-refractivity contribution in [3.63, 3.8) is 0 Å². The first-order chi connectivity index (χ1) is 21.9. The molecule has 0 aliphatic carbocycles. The SMILES string of the molecule is COC(=O)N1CC=C(c2cc(N3CCC[C@@H](NC(=O)c4nn(C5CCCCO5)c5ccc(C#N)cc45)C3)c3c(N)ncnn23)C1. The molecule has 2 saturated heterocycles. The summed E-state index contributed by atoms with van der Waals surface area (Å²) in [5, 5.41) is 22.6. The molecule has 45 heavy (non-hydrogen) atoms. The number of anilines is 2. The van der Waals surface area contributed by atoms with Crippen molar-refractivity contribution in [2.24, 2.45) is 0 Å². The molecule has 3 N–H and O–H groups in total. The topological polar surface area (TPSA) is 169 Å². The van der Waals surface area contributed by atoms with Crippen LogP contribution in [0.4, 0.5) is 16.3 Å². The number of fused-ring (bicyclic) bond motifs is 2. The Hall–Kier alpha value is -5.16. The average molecular weight is 611 g/mol. The number of nitrogens with zero attached hydrogens (tertiary/aromatic N) is 8. The quantitative estimate of drug-likeness (QED) is 0.342. The molecule has 6 heterocycles. The van der Waals surface area contributed by atoms with Gasteiger partial charge in [0.15, 0.2) is 17.7 Å². The number of carbonyl (C=O) groups is 2. The maximum absolute atomic E-state index is 13.8. The molecule has 0 saturated carbocycles. The Morgan fingerprint density at radius 1 is 1.20 bits per heavy atom. The fourth-order valence-electron chi connectivity index (χ4n) is 6.61. The first-order valence-corrected chi connectivity index (χ1v) is 15.2. The zero-order chi connectivity index (χ0) is 31.1. The van der Waals surface area contributed by atoms with Crippen LogP contribution >= 0.6 is 0 Å². The van der Waals surface area contributed by atoms with Crippen molar-refractivity contribution < 1.29 is 19.1 Å². The highest BCUT2D eigenvalue weighted by molar-refractivity contribution is 6.05. The molecule has 7 rings (SSSR count). The van der Waals surface area contributed by atoms with E-state index in [-0.39, 0.29) is 30.0 Å². The highest BCUT2D eigenvalue weighted by atomic mass is 16.5. The van der Waals surface area contributed by atoms with Crippen molar-refractivity contribution >= 4 is 45.5 Å². The normalized spacial score (nSPS) is 20.3. The van der Waals surface area contributed by atoms with Gasteiger partial charge in [-0.3, -0.25) is 4.79 Å². The minimum Gasteiger partial charge on any atom is -0.453 e. The van der Waals surface area contributed by atoms with Gasteiger partial charge in [-0.15, -0.1) is 0 Å². The van der Waals surface area contributed by atoms with Crippen molar-refractivity contribution in [2.45, 2.75) is 44.4 Å². The number of nitrogen functional groups attached to an aromatic ring is 1. The molecular formula is C31H34N10O4. The molecule has 4 aromatic rings. The van der Waals surface area contributed by atoms with E-state index in [9.17, 15) is 14.9 Å². The van der Waals surface area contributed by atoms with Crippen LogP contribution < -0.4 is 16.0 Å². The lowest BCUT2D eigenvalue weighted by Crippen LogP contribution is -2.48. The van der Waals surface area contributed by atoms with E-state index in [1.54, 1.807) is 26.2 Å². The summed E-state index contributed by atoms with van der Waals surface area (Å²) in [5.74, 6) is 0.0526. The third-order valence-electron chi connectivity index (χ3n) is 8.82. The summed E-state index contributed by atoms with van der Waals surface area (Å²) in [6, 6.07) is 9.34. The molecule has 2 fully saturated rings. The van der Waals surface area contributed by atoms with Crippen molar-refractivity contribution in [3.8, 4) is 6.07 Å². The third-order valence-corrected chi connectivity index (χ3v) is 8.82. The van der Waals surface area contributed by atoms with Crippen molar-refractivity contribution in [1.29, 1.82) is 5.26 Å². The van der Waals surface area contributed by atoms with E-state index in [1.807, 2.05) is 18.2 Å². The van der Waals surface area contributed by atoms with Gasteiger partial charge in [0.25, 0.3) is 5.91 Å². The number of aromatic nitrogens is 5. The zero-order valence-corrected chi connectivity index (χ0v) is 25.0. The summed E-state index contributed by atoms with van der Waals surface area (Å²) in [6.07, 6.45) is 7.23. The van der Waals surface area contributed by atoms with Crippen molar-refractivity contribution in [2.75, 3.05) is 50.5 Å². The van der Waals surface area contributed by atoms with Crippen LogP contribution in [0.1, 0.15) is 60.1 Å². The molecule has 14 nitrogen and oxygen atoms in total. The first-order valence-electron chi connectivity index (χ1n) is 15.2. The first kappa shape index (κ1) is 28.6. The second-order valence-electron chi connectivity index (χ2n) is 11.6. The van der Waals surface area contributed by atoms with Gasteiger partial charge in [0.05, 0.1) is 42.2 Å². The number of methoxy groups -OCH3 is 1. The van der Waals surface area contributed by atoms with Crippen LogP contribution in [0, 0.1) is 11.3 Å². The van der Waals surface area contributed by atoms with E-state index < -0.39 is 0 Å². The van der Waals surface area contributed by atoms with Gasteiger partial charge < -0.3 is 30.3 Å². The number of nitrogens with one attached hydrogen (secondary N) is 1. The molecule has 2 atom stereocenters. The van der Waals surface area contributed by atoms with Crippen LogP contribution in [0.2, 0.25) is 0 Å². The van der Waals surface area contributed by atoms with E-state index in [4.69, 9.17) is 20.3 Å². The van der Waals surface area contributed by atoms with E-state index in [0.717, 1.165) is 61.1 Å². The summed E-state index contributed by atoms with van der Waals surface area (Å²) in [7, 11) is 1.37. The van der Waals surface area contributed by atoms with Gasteiger partial charge in [-0.25, -0.2) is 19.0 Å². The van der Waals surface area contributed by atoms with Crippen LogP contribution in [0.25, 0.3) is 22.0 Å². The van der Waals surface area contributed by atoms with Gasteiger partial charge in [-0.05, 0) is 61.9 Å². The van der Waals surface area contributed by atoms with E-state index >= 15 is 0 Å². The Balaban J connectivity index is 1.15. The molecule has 1 unspecified atom stereocenters. The molecular weight excluding hydrogens is 576 g/mol. The second-order valence-corrected chi connectivity index (χ2v) is 11.6. The Kier molecular flexibility index (Phi) is 7.46. The Bertz CT molecular complexity index is 1870. The van der Waals surface area contributed by atoms with Crippen LogP contribution in [-0.2, 0) is 9.47 Å². The number of nitriles is 1. The van der Waals surface area contributed by atoms with Crippen LogP contribution in [0.3, 0.4) is 0 Å². The standard InChI is InChI=1S/C31H34N10O4/c1-44-31(43)39-11-9-20(16-39)24-14-25(28-29(33)34-18-35-41(24)28)38-10-4-5-21(17-38)36-30(42)27-22-13-19(15-32)7-8-23(22)40(37-27)26-6-2-3-12-45-26/h7-9,13-14,18,21,26H,2-6,10-12,16-17H2,1H3,(H,36,42)(H2,33,34,35)/t21-,26?/m1/s1. The fourth-order valence-corrected chi connectivity index (χ4v) is 6.61.